The van der Waals surface area contributed by atoms with Gasteiger partial charge in [0.15, 0.2) is 0 Å². The van der Waals surface area contributed by atoms with E-state index in [1.807, 2.05) is 42.5 Å². The maximum Gasteiger partial charge on any atom is 0.303 e. The van der Waals surface area contributed by atoms with Gasteiger partial charge >= 0.3 is 5.97 Å². The Hall–Kier alpha value is -2.82. The molecule has 1 unspecified atom stereocenters. The van der Waals surface area contributed by atoms with Gasteiger partial charge in [-0.1, -0.05) is 30.3 Å². The molecule has 0 aliphatic carbocycles. The minimum atomic E-state index is -0.862. The zero-order valence-electron chi connectivity index (χ0n) is 13.6. The number of hydrogen-bond donors (Lipinski definition) is 2. The molecule has 0 heterocycles. The first-order valence-electron chi connectivity index (χ1n) is 7.84. The van der Waals surface area contributed by atoms with Gasteiger partial charge in [0, 0.05) is 18.0 Å². The van der Waals surface area contributed by atoms with Gasteiger partial charge in [0.25, 0.3) is 5.91 Å². The third-order valence-electron chi connectivity index (χ3n) is 3.53. The van der Waals surface area contributed by atoms with Crippen LogP contribution in [0.15, 0.2) is 54.6 Å². The highest BCUT2D eigenvalue weighted by Gasteiger charge is 2.11. The SMILES string of the molecule is CC(CCC(=O)O)NC(=O)c1ccc(COc2ccccc2)cc1. The van der Waals surface area contributed by atoms with Crippen LogP contribution in [0.5, 0.6) is 5.75 Å². The van der Waals surface area contributed by atoms with Gasteiger partial charge in [0.2, 0.25) is 0 Å². The maximum absolute atomic E-state index is 12.1. The summed E-state index contributed by atoms with van der Waals surface area (Å²) < 4.78 is 5.66. The predicted molar refractivity (Wildman–Crippen MR) is 91.0 cm³/mol. The summed E-state index contributed by atoms with van der Waals surface area (Å²) in [6, 6.07) is 16.5. The summed E-state index contributed by atoms with van der Waals surface area (Å²) in [5, 5.41) is 11.4. The largest absolute Gasteiger partial charge is 0.489 e. The molecule has 0 aliphatic rings. The van der Waals surface area contributed by atoms with E-state index in [0.29, 0.717) is 18.6 Å². The predicted octanol–water partition coefficient (Wildman–Crippen LogP) is 3.25. The van der Waals surface area contributed by atoms with Gasteiger partial charge in [-0.3, -0.25) is 9.59 Å². The zero-order chi connectivity index (χ0) is 17.4. The zero-order valence-corrected chi connectivity index (χ0v) is 13.6. The number of carboxylic acids is 1. The Morgan fingerprint density at radius 2 is 1.75 bits per heavy atom. The van der Waals surface area contributed by atoms with E-state index in [1.54, 1.807) is 19.1 Å². The lowest BCUT2D eigenvalue weighted by atomic mass is 10.1. The molecule has 2 aromatic rings. The number of ether oxygens (including phenoxy) is 1. The molecule has 2 aromatic carbocycles. The molecule has 0 spiro atoms. The Labute approximate surface area is 141 Å². The van der Waals surface area contributed by atoms with Crippen molar-refractivity contribution in [2.45, 2.75) is 32.4 Å². The van der Waals surface area contributed by atoms with Crippen LogP contribution in [0.2, 0.25) is 0 Å². The number of nitrogens with one attached hydrogen (secondary N) is 1. The quantitative estimate of drug-likeness (QED) is 0.780. The summed E-state index contributed by atoms with van der Waals surface area (Å²) in [5.74, 6) is -0.270. The number of carbonyl (C=O) groups is 2. The Kier molecular flexibility index (Phi) is 6.37. The molecule has 0 fully saturated rings. The number of aliphatic carboxylic acids is 1. The van der Waals surface area contributed by atoms with Gasteiger partial charge in [-0.15, -0.1) is 0 Å². The van der Waals surface area contributed by atoms with Crippen LogP contribution >= 0.6 is 0 Å². The molecule has 0 saturated carbocycles. The van der Waals surface area contributed by atoms with Gasteiger partial charge in [-0.2, -0.15) is 0 Å². The van der Waals surface area contributed by atoms with E-state index in [0.717, 1.165) is 11.3 Å². The molecule has 0 radical (unpaired) electrons. The van der Waals surface area contributed by atoms with Crippen molar-refractivity contribution in [3.63, 3.8) is 0 Å². The molecule has 0 saturated heterocycles. The average molecular weight is 327 g/mol. The van der Waals surface area contributed by atoms with Crippen molar-refractivity contribution in [1.29, 1.82) is 0 Å². The smallest absolute Gasteiger partial charge is 0.303 e. The molecule has 0 bridgehead atoms. The number of rotatable bonds is 8. The van der Waals surface area contributed by atoms with Crippen molar-refractivity contribution in [3.05, 3.63) is 65.7 Å². The Balaban J connectivity index is 1.84. The topological polar surface area (TPSA) is 75.6 Å². The monoisotopic (exact) mass is 327 g/mol. The van der Waals surface area contributed by atoms with Gasteiger partial charge in [0.1, 0.15) is 12.4 Å². The summed E-state index contributed by atoms with van der Waals surface area (Å²) in [6.07, 6.45) is 0.446. The van der Waals surface area contributed by atoms with Gasteiger partial charge in [-0.05, 0) is 43.2 Å². The summed E-state index contributed by atoms with van der Waals surface area (Å²) >= 11 is 0. The van der Waals surface area contributed by atoms with Crippen molar-refractivity contribution in [3.8, 4) is 5.75 Å². The van der Waals surface area contributed by atoms with Gasteiger partial charge in [-0.25, -0.2) is 0 Å². The lowest BCUT2D eigenvalue weighted by Gasteiger charge is -2.13. The third-order valence-corrected chi connectivity index (χ3v) is 3.53. The number of carbonyl (C=O) groups excluding carboxylic acids is 1. The Morgan fingerprint density at radius 3 is 2.38 bits per heavy atom. The molecule has 126 valence electrons. The number of para-hydroxylation sites is 1. The number of benzene rings is 2. The van der Waals surface area contributed by atoms with Crippen LogP contribution in [0.4, 0.5) is 0 Å². The van der Waals surface area contributed by atoms with E-state index in [9.17, 15) is 9.59 Å². The molecular formula is C19H21NO4. The maximum atomic E-state index is 12.1. The highest BCUT2D eigenvalue weighted by molar-refractivity contribution is 5.94. The molecule has 24 heavy (non-hydrogen) atoms. The fourth-order valence-corrected chi connectivity index (χ4v) is 2.16. The molecular weight excluding hydrogens is 306 g/mol. The summed E-state index contributed by atoms with van der Waals surface area (Å²) in [7, 11) is 0. The minimum Gasteiger partial charge on any atom is -0.489 e. The first-order valence-corrected chi connectivity index (χ1v) is 7.84. The summed E-state index contributed by atoms with van der Waals surface area (Å²) in [4.78, 5) is 22.6. The molecule has 5 heteroatoms. The normalized spacial score (nSPS) is 11.5. The fourth-order valence-electron chi connectivity index (χ4n) is 2.16. The summed E-state index contributed by atoms with van der Waals surface area (Å²) in [5.41, 5.74) is 1.51. The first kappa shape index (κ1) is 17.5. The van der Waals surface area contributed by atoms with E-state index in [4.69, 9.17) is 9.84 Å². The average Bonchev–Trinajstić information content (AvgIpc) is 2.59. The summed E-state index contributed by atoms with van der Waals surface area (Å²) in [6.45, 7) is 2.23. The van der Waals surface area contributed by atoms with E-state index >= 15 is 0 Å². The fraction of sp³-hybridized carbons (Fsp3) is 0.263. The molecule has 5 nitrogen and oxygen atoms in total. The highest BCUT2D eigenvalue weighted by atomic mass is 16.5. The van der Waals surface area contributed by atoms with Crippen molar-refractivity contribution >= 4 is 11.9 Å². The standard InChI is InChI=1S/C19H21NO4/c1-14(7-12-18(21)22)20-19(23)16-10-8-15(9-11-16)13-24-17-5-3-2-4-6-17/h2-6,8-11,14H,7,12-13H2,1H3,(H,20,23)(H,21,22). The van der Waals surface area contributed by atoms with Gasteiger partial charge in [0.05, 0.1) is 0 Å². The van der Waals surface area contributed by atoms with Crippen LogP contribution in [0.1, 0.15) is 35.7 Å². The van der Waals surface area contributed by atoms with Crippen LogP contribution in [0.3, 0.4) is 0 Å². The van der Waals surface area contributed by atoms with Gasteiger partial charge < -0.3 is 15.2 Å². The second kappa shape index (κ2) is 8.72. The Morgan fingerprint density at radius 1 is 1.08 bits per heavy atom. The van der Waals surface area contributed by atoms with E-state index < -0.39 is 5.97 Å². The van der Waals surface area contributed by atoms with Crippen molar-refractivity contribution in [2.75, 3.05) is 0 Å². The second-order valence-electron chi connectivity index (χ2n) is 5.61. The van der Waals surface area contributed by atoms with Crippen LogP contribution in [-0.2, 0) is 11.4 Å². The number of amides is 1. The van der Waals surface area contributed by atoms with Crippen LogP contribution in [-0.4, -0.2) is 23.0 Å². The molecule has 2 N–H and O–H groups in total. The first-order chi connectivity index (χ1) is 11.5. The molecule has 1 atom stereocenters. The lowest BCUT2D eigenvalue weighted by molar-refractivity contribution is -0.137. The Bertz CT molecular complexity index is 668. The molecule has 1 amide bonds. The van der Waals surface area contributed by atoms with E-state index in [-0.39, 0.29) is 18.4 Å². The van der Waals surface area contributed by atoms with Crippen LogP contribution in [0.25, 0.3) is 0 Å². The van der Waals surface area contributed by atoms with Crippen molar-refractivity contribution in [2.24, 2.45) is 0 Å². The number of carboxylic acid groups (broad SMARTS) is 1. The molecule has 0 aromatic heterocycles. The second-order valence-corrected chi connectivity index (χ2v) is 5.61. The third kappa shape index (κ3) is 5.76. The van der Waals surface area contributed by atoms with Crippen molar-refractivity contribution < 1.29 is 19.4 Å². The lowest BCUT2D eigenvalue weighted by Crippen LogP contribution is -2.32. The van der Waals surface area contributed by atoms with E-state index in [2.05, 4.69) is 5.32 Å². The minimum absolute atomic E-state index is 0.0389. The van der Waals surface area contributed by atoms with E-state index in [1.165, 1.54) is 0 Å². The molecule has 0 aliphatic heterocycles. The number of hydrogen-bond acceptors (Lipinski definition) is 3. The van der Waals surface area contributed by atoms with Crippen molar-refractivity contribution in [1.82, 2.24) is 5.32 Å². The molecule has 2 rings (SSSR count). The van der Waals surface area contributed by atoms with Crippen LogP contribution < -0.4 is 10.1 Å². The van der Waals surface area contributed by atoms with Crippen LogP contribution in [0, 0.1) is 0 Å². The highest BCUT2D eigenvalue weighted by Crippen LogP contribution is 2.12.